The number of nitrogens with one attached hydrogen (secondary N) is 2. The van der Waals surface area contributed by atoms with Crippen LogP contribution in [-0.4, -0.2) is 48.3 Å². The number of aryl methyl sites for hydroxylation is 1. The molecule has 4 aromatic rings. The van der Waals surface area contributed by atoms with Crippen molar-refractivity contribution in [3.8, 4) is 0 Å². The number of likely N-dealkylation sites (N-methyl/N-ethyl adjacent to an activating group) is 1. The van der Waals surface area contributed by atoms with E-state index in [1.807, 2.05) is 49.4 Å². The first kappa shape index (κ1) is 26.3. The number of amides is 1. The molecule has 0 atom stereocenters. The second kappa shape index (κ2) is 13.0. The number of nitrogens with zero attached hydrogens (tertiary/aromatic N) is 2. The molecule has 1 heterocycles. The van der Waals surface area contributed by atoms with Crippen molar-refractivity contribution in [2.45, 2.75) is 26.3 Å². The van der Waals surface area contributed by atoms with Crippen LogP contribution in [0.1, 0.15) is 35.2 Å². The van der Waals surface area contributed by atoms with Crippen molar-refractivity contribution in [2.24, 2.45) is 5.92 Å². The third-order valence-corrected chi connectivity index (χ3v) is 6.31. The van der Waals surface area contributed by atoms with Crippen LogP contribution < -0.4 is 5.32 Å². The Balaban J connectivity index is 0.000000207. The van der Waals surface area contributed by atoms with Crippen molar-refractivity contribution < 1.29 is 9.53 Å². The molecule has 0 unspecified atom stereocenters. The molecule has 3 aromatic carbocycles. The molecule has 0 aliphatic heterocycles. The fourth-order valence-corrected chi connectivity index (χ4v) is 3.89. The Kier molecular flexibility index (Phi) is 9.24. The van der Waals surface area contributed by atoms with Crippen molar-refractivity contribution in [2.75, 3.05) is 32.6 Å². The third kappa shape index (κ3) is 8.13. The van der Waals surface area contributed by atoms with Gasteiger partial charge in [-0.05, 0) is 62.2 Å². The van der Waals surface area contributed by atoms with Crippen LogP contribution in [0, 0.1) is 12.8 Å². The Morgan fingerprint density at radius 3 is 2.49 bits per heavy atom. The molecule has 2 N–H and O–H groups in total. The van der Waals surface area contributed by atoms with Gasteiger partial charge in [-0.1, -0.05) is 66.2 Å². The first-order chi connectivity index (χ1) is 18.0. The Morgan fingerprint density at radius 1 is 1.05 bits per heavy atom. The second-order valence-corrected chi connectivity index (χ2v) is 9.59. The lowest BCUT2D eigenvalue weighted by Gasteiger charge is -2.15. The van der Waals surface area contributed by atoms with Crippen molar-refractivity contribution >= 4 is 34.6 Å². The SMILES string of the molecule is COCCN(C)Cc1ccc(/C=C/c2n[nH]c3ccccc23)cc1.Cc1ccc(NC(=O)C2CC2)cc1. The number of ether oxygens (including phenoxy) is 1. The maximum atomic E-state index is 11.3. The van der Waals surface area contributed by atoms with Gasteiger partial charge < -0.3 is 10.1 Å². The number of fused-ring (bicyclic) bond motifs is 1. The van der Waals surface area contributed by atoms with E-state index in [0.717, 1.165) is 54.8 Å². The maximum absolute atomic E-state index is 11.3. The summed E-state index contributed by atoms with van der Waals surface area (Å²) in [4.78, 5) is 13.6. The highest BCUT2D eigenvalue weighted by Gasteiger charge is 2.29. The lowest BCUT2D eigenvalue weighted by atomic mass is 10.1. The summed E-state index contributed by atoms with van der Waals surface area (Å²) in [7, 11) is 3.84. The minimum atomic E-state index is 0.170. The van der Waals surface area contributed by atoms with Gasteiger partial charge in [0.2, 0.25) is 5.91 Å². The summed E-state index contributed by atoms with van der Waals surface area (Å²) >= 11 is 0. The Labute approximate surface area is 219 Å². The van der Waals surface area contributed by atoms with Crippen LogP contribution in [0.4, 0.5) is 5.69 Å². The van der Waals surface area contributed by atoms with Crippen LogP contribution in [-0.2, 0) is 16.1 Å². The molecule has 0 bridgehead atoms. The number of benzene rings is 3. The van der Waals surface area contributed by atoms with Crippen LogP contribution in [0.5, 0.6) is 0 Å². The average molecular weight is 497 g/mol. The zero-order valence-electron chi connectivity index (χ0n) is 21.9. The number of carbonyl (C=O) groups excluding carboxylic acids is 1. The third-order valence-electron chi connectivity index (χ3n) is 6.31. The summed E-state index contributed by atoms with van der Waals surface area (Å²) in [5.74, 6) is 0.449. The van der Waals surface area contributed by atoms with Gasteiger partial charge in [0.05, 0.1) is 17.8 Å². The summed E-state index contributed by atoms with van der Waals surface area (Å²) in [6.45, 7) is 4.66. The van der Waals surface area contributed by atoms with Gasteiger partial charge in [0.15, 0.2) is 0 Å². The van der Waals surface area contributed by atoms with E-state index in [2.05, 4.69) is 69.9 Å². The molecule has 0 saturated heterocycles. The molecule has 0 spiro atoms. The number of para-hydroxylation sites is 1. The smallest absolute Gasteiger partial charge is 0.227 e. The zero-order valence-corrected chi connectivity index (χ0v) is 21.9. The van der Waals surface area contributed by atoms with Gasteiger partial charge >= 0.3 is 0 Å². The highest BCUT2D eigenvalue weighted by molar-refractivity contribution is 5.94. The molecule has 1 aliphatic rings. The van der Waals surface area contributed by atoms with Crippen molar-refractivity contribution in [3.63, 3.8) is 0 Å². The Morgan fingerprint density at radius 2 is 1.78 bits per heavy atom. The van der Waals surface area contributed by atoms with Crippen molar-refractivity contribution in [3.05, 3.63) is 95.2 Å². The second-order valence-electron chi connectivity index (χ2n) is 9.59. The van der Waals surface area contributed by atoms with Crippen molar-refractivity contribution in [1.82, 2.24) is 15.1 Å². The average Bonchev–Trinajstić information content (AvgIpc) is 3.69. The zero-order chi connectivity index (χ0) is 26.0. The molecular formula is C31H36N4O2. The van der Waals surface area contributed by atoms with Gasteiger partial charge in [-0.2, -0.15) is 5.10 Å². The number of hydrogen-bond donors (Lipinski definition) is 2. The molecule has 192 valence electrons. The molecule has 37 heavy (non-hydrogen) atoms. The van der Waals surface area contributed by atoms with E-state index in [9.17, 15) is 4.79 Å². The normalized spacial score (nSPS) is 13.1. The van der Waals surface area contributed by atoms with E-state index in [0.29, 0.717) is 0 Å². The molecule has 6 heteroatoms. The lowest BCUT2D eigenvalue weighted by molar-refractivity contribution is -0.117. The monoisotopic (exact) mass is 496 g/mol. The fraction of sp³-hybridized carbons (Fsp3) is 0.290. The standard InChI is InChI=1S/C20H23N3O.C11H13NO/c1-23(13-14-24-2)15-17-9-7-16(8-10-17)11-12-20-18-5-3-4-6-19(18)21-22-20;1-8-2-6-10(7-3-8)12-11(13)9-4-5-9/h3-12H,13-15H2,1-2H3,(H,21,22);2-3,6-7,9H,4-5H2,1H3,(H,12,13)/b12-11+;. The topological polar surface area (TPSA) is 70.2 Å². The summed E-state index contributed by atoms with van der Waals surface area (Å²) in [5.41, 5.74) is 6.62. The highest BCUT2D eigenvalue weighted by atomic mass is 16.5. The van der Waals surface area contributed by atoms with E-state index in [-0.39, 0.29) is 11.8 Å². The Bertz CT molecular complexity index is 1310. The van der Waals surface area contributed by atoms with E-state index in [4.69, 9.17) is 4.74 Å². The minimum Gasteiger partial charge on any atom is -0.383 e. The van der Waals surface area contributed by atoms with Crippen LogP contribution >= 0.6 is 0 Å². The number of methoxy groups -OCH3 is 1. The number of aromatic nitrogens is 2. The maximum Gasteiger partial charge on any atom is 0.227 e. The number of rotatable bonds is 9. The number of hydrogen-bond acceptors (Lipinski definition) is 4. The van der Waals surface area contributed by atoms with Gasteiger partial charge in [0, 0.05) is 37.2 Å². The highest BCUT2D eigenvalue weighted by Crippen LogP contribution is 2.30. The number of anilines is 1. The van der Waals surface area contributed by atoms with Gasteiger partial charge in [-0.15, -0.1) is 0 Å². The van der Waals surface area contributed by atoms with Gasteiger partial charge in [-0.25, -0.2) is 0 Å². The molecule has 1 amide bonds. The summed E-state index contributed by atoms with van der Waals surface area (Å²) in [6, 6.07) is 24.7. The van der Waals surface area contributed by atoms with Crippen molar-refractivity contribution in [1.29, 1.82) is 0 Å². The fourth-order valence-electron chi connectivity index (χ4n) is 3.89. The number of H-pyrrole nitrogens is 1. The van der Waals surface area contributed by atoms with E-state index >= 15 is 0 Å². The summed E-state index contributed by atoms with van der Waals surface area (Å²) < 4.78 is 5.11. The van der Waals surface area contributed by atoms with Crippen LogP contribution in [0.3, 0.4) is 0 Å². The molecule has 1 saturated carbocycles. The molecule has 1 aliphatic carbocycles. The number of aromatic amines is 1. The van der Waals surface area contributed by atoms with Crippen LogP contribution in [0.25, 0.3) is 23.1 Å². The van der Waals surface area contributed by atoms with E-state index < -0.39 is 0 Å². The number of carbonyl (C=O) groups is 1. The van der Waals surface area contributed by atoms with Gasteiger partial charge in [-0.3, -0.25) is 14.8 Å². The quantitative estimate of drug-likeness (QED) is 0.291. The first-order valence-electron chi connectivity index (χ1n) is 12.8. The molecule has 1 aromatic heterocycles. The molecule has 6 nitrogen and oxygen atoms in total. The molecule has 1 fully saturated rings. The lowest BCUT2D eigenvalue weighted by Crippen LogP contribution is -2.22. The van der Waals surface area contributed by atoms with Crippen LogP contribution in [0.2, 0.25) is 0 Å². The summed E-state index contributed by atoms with van der Waals surface area (Å²) in [6.07, 6.45) is 6.26. The summed E-state index contributed by atoms with van der Waals surface area (Å²) in [5, 5.41) is 11.5. The van der Waals surface area contributed by atoms with Crippen LogP contribution in [0.15, 0.2) is 72.8 Å². The predicted octanol–water partition coefficient (Wildman–Crippen LogP) is 6.16. The predicted molar refractivity (Wildman–Crippen MR) is 152 cm³/mol. The van der Waals surface area contributed by atoms with E-state index in [1.165, 1.54) is 16.7 Å². The largest absolute Gasteiger partial charge is 0.383 e. The van der Waals surface area contributed by atoms with E-state index in [1.54, 1.807) is 7.11 Å². The molecule has 0 radical (unpaired) electrons. The Hall–Kier alpha value is -3.74. The first-order valence-corrected chi connectivity index (χ1v) is 12.8. The minimum absolute atomic E-state index is 0.170. The molecule has 5 rings (SSSR count). The van der Waals surface area contributed by atoms with Gasteiger partial charge in [0.1, 0.15) is 0 Å². The van der Waals surface area contributed by atoms with Gasteiger partial charge in [0.25, 0.3) is 0 Å². The molecular weight excluding hydrogens is 460 g/mol.